The van der Waals surface area contributed by atoms with Gasteiger partial charge in [-0.1, -0.05) is 12.1 Å². The smallest absolute Gasteiger partial charge is 0.341 e. The van der Waals surface area contributed by atoms with Crippen LogP contribution in [-0.2, 0) is 10.2 Å². The van der Waals surface area contributed by atoms with Crippen LogP contribution in [0.2, 0.25) is 0 Å². The molecule has 4 bridgehead atoms. The minimum absolute atomic E-state index is 0.148. The molecule has 2 aromatic carbocycles. The van der Waals surface area contributed by atoms with E-state index in [9.17, 15) is 9.59 Å². The molecule has 4 aliphatic rings. The number of amides is 1. The SMILES string of the molecule is COC(=O)c1cccnc1N(C)c1ccc(C(=O)Nc2ccc(C34CC5CC(CC(C5)C3)C4)cc2)cc1. The van der Waals surface area contributed by atoms with Crippen LogP contribution >= 0.6 is 0 Å². The molecule has 6 heteroatoms. The van der Waals surface area contributed by atoms with Gasteiger partial charge in [0.1, 0.15) is 11.4 Å². The summed E-state index contributed by atoms with van der Waals surface area (Å²) in [6.45, 7) is 0. The van der Waals surface area contributed by atoms with E-state index in [4.69, 9.17) is 4.74 Å². The van der Waals surface area contributed by atoms with Crippen molar-refractivity contribution in [2.45, 2.75) is 43.9 Å². The summed E-state index contributed by atoms with van der Waals surface area (Å²) < 4.78 is 4.88. The lowest BCUT2D eigenvalue weighted by molar-refractivity contribution is -0.00518. The number of carbonyl (C=O) groups excluding carboxylic acids is 2. The van der Waals surface area contributed by atoms with Crippen LogP contribution < -0.4 is 10.2 Å². The van der Waals surface area contributed by atoms with E-state index in [1.165, 1.54) is 51.2 Å². The summed E-state index contributed by atoms with van der Waals surface area (Å²) in [4.78, 5) is 31.2. The second-order valence-electron chi connectivity index (χ2n) is 11.2. The van der Waals surface area contributed by atoms with Gasteiger partial charge in [-0.3, -0.25) is 4.79 Å². The Morgan fingerprint density at radius 2 is 1.54 bits per heavy atom. The highest BCUT2D eigenvalue weighted by atomic mass is 16.5. The van der Waals surface area contributed by atoms with E-state index in [0.29, 0.717) is 22.4 Å². The maximum Gasteiger partial charge on any atom is 0.341 e. The third-order valence-corrected chi connectivity index (χ3v) is 8.82. The van der Waals surface area contributed by atoms with Gasteiger partial charge < -0.3 is 15.0 Å². The molecule has 0 aliphatic heterocycles. The van der Waals surface area contributed by atoms with E-state index in [0.717, 1.165) is 29.1 Å². The molecule has 0 spiro atoms. The maximum atomic E-state index is 13.0. The fourth-order valence-electron chi connectivity index (χ4n) is 7.47. The highest BCUT2D eigenvalue weighted by Gasteiger charge is 2.51. The molecular weight excluding hydrogens is 462 g/mol. The quantitative estimate of drug-likeness (QED) is 0.403. The van der Waals surface area contributed by atoms with Gasteiger partial charge in [0.2, 0.25) is 0 Å². The van der Waals surface area contributed by atoms with Crippen LogP contribution in [0.5, 0.6) is 0 Å². The molecule has 0 unspecified atom stereocenters. The zero-order valence-corrected chi connectivity index (χ0v) is 21.4. The Kier molecular flexibility index (Phi) is 5.98. The number of rotatable bonds is 6. The number of hydrogen-bond acceptors (Lipinski definition) is 5. The molecule has 0 atom stereocenters. The minimum atomic E-state index is -0.444. The number of ether oxygens (including phenoxy) is 1. The molecule has 0 saturated heterocycles. The molecule has 7 rings (SSSR count). The lowest BCUT2D eigenvalue weighted by atomic mass is 9.48. The zero-order chi connectivity index (χ0) is 25.6. The summed E-state index contributed by atoms with van der Waals surface area (Å²) in [5.74, 6) is 2.64. The molecule has 1 amide bonds. The molecule has 4 saturated carbocycles. The molecule has 1 N–H and O–H groups in total. The predicted octanol–water partition coefficient (Wildman–Crippen LogP) is 6.36. The van der Waals surface area contributed by atoms with Gasteiger partial charge in [0.25, 0.3) is 5.91 Å². The molecule has 37 heavy (non-hydrogen) atoms. The molecule has 3 aromatic rings. The summed E-state index contributed by atoms with van der Waals surface area (Å²) >= 11 is 0. The van der Waals surface area contributed by atoms with E-state index in [-0.39, 0.29) is 5.91 Å². The summed E-state index contributed by atoms with van der Waals surface area (Å²) in [6, 6.07) is 19.2. The summed E-state index contributed by atoms with van der Waals surface area (Å²) in [5.41, 5.74) is 4.39. The minimum Gasteiger partial charge on any atom is -0.465 e. The Balaban J connectivity index is 1.13. The Morgan fingerprint density at radius 3 is 2.14 bits per heavy atom. The highest BCUT2D eigenvalue weighted by Crippen LogP contribution is 2.60. The van der Waals surface area contributed by atoms with Crippen molar-refractivity contribution in [1.29, 1.82) is 0 Å². The standard InChI is InChI=1S/C31H33N3O3/c1-34(28-27(30(36)37-2)4-3-13-32-28)26-11-5-23(6-12-26)29(35)33-25-9-7-24(8-10-25)31-17-20-14-21(18-31)16-22(15-20)19-31/h3-13,20-22H,14-19H2,1-2H3,(H,33,35). The fraction of sp³-hybridized carbons (Fsp3) is 0.387. The zero-order valence-electron chi connectivity index (χ0n) is 21.4. The van der Waals surface area contributed by atoms with Crippen LogP contribution in [-0.4, -0.2) is 31.0 Å². The van der Waals surface area contributed by atoms with Crippen molar-refractivity contribution in [3.05, 3.63) is 83.6 Å². The molecule has 190 valence electrons. The lowest BCUT2D eigenvalue weighted by Gasteiger charge is -2.57. The molecule has 4 fully saturated rings. The van der Waals surface area contributed by atoms with Crippen LogP contribution in [0.25, 0.3) is 0 Å². The Morgan fingerprint density at radius 1 is 0.919 bits per heavy atom. The molecule has 1 aromatic heterocycles. The third-order valence-electron chi connectivity index (χ3n) is 8.82. The van der Waals surface area contributed by atoms with Crippen LogP contribution in [0.3, 0.4) is 0 Å². The van der Waals surface area contributed by atoms with Crippen LogP contribution in [0.15, 0.2) is 66.9 Å². The molecule has 1 heterocycles. The monoisotopic (exact) mass is 495 g/mol. The van der Waals surface area contributed by atoms with Gasteiger partial charge in [-0.15, -0.1) is 0 Å². The number of carbonyl (C=O) groups is 2. The van der Waals surface area contributed by atoms with Crippen molar-refractivity contribution >= 4 is 29.1 Å². The first kappa shape index (κ1) is 23.7. The van der Waals surface area contributed by atoms with Gasteiger partial charge in [-0.2, -0.15) is 0 Å². The van der Waals surface area contributed by atoms with Gasteiger partial charge >= 0.3 is 5.97 Å². The normalized spacial score (nSPS) is 25.5. The average Bonchev–Trinajstić information content (AvgIpc) is 2.92. The number of aromatic nitrogens is 1. The number of benzene rings is 2. The van der Waals surface area contributed by atoms with Crippen molar-refractivity contribution in [3.63, 3.8) is 0 Å². The van der Waals surface area contributed by atoms with Gasteiger partial charge in [-0.25, -0.2) is 9.78 Å². The van der Waals surface area contributed by atoms with Crippen LogP contribution in [0.4, 0.5) is 17.2 Å². The van der Waals surface area contributed by atoms with Crippen molar-refractivity contribution in [2.75, 3.05) is 24.4 Å². The number of hydrogen-bond donors (Lipinski definition) is 1. The summed E-state index contributed by atoms with van der Waals surface area (Å²) in [7, 11) is 3.18. The summed E-state index contributed by atoms with van der Waals surface area (Å²) in [6.07, 6.45) is 9.97. The first-order valence-electron chi connectivity index (χ1n) is 13.2. The molecule has 0 radical (unpaired) electrons. The van der Waals surface area contributed by atoms with Gasteiger partial charge in [0.15, 0.2) is 0 Å². The number of anilines is 3. The first-order chi connectivity index (χ1) is 17.9. The van der Waals surface area contributed by atoms with E-state index in [1.54, 1.807) is 35.4 Å². The lowest BCUT2D eigenvalue weighted by Crippen LogP contribution is -2.48. The number of esters is 1. The van der Waals surface area contributed by atoms with E-state index in [2.05, 4.69) is 34.6 Å². The number of nitrogens with one attached hydrogen (secondary N) is 1. The number of nitrogens with zero attached hydrogens (tertiary/aromatic N) is 2. The second-order valence-corrected chi connectivity index (χ2v) is 11.2. The van der Waals surface area contributed by atoms with E-state index >= 15 is 0 Å². The first-order valence-corrected chi connectivity index (χ1v) is 13.2. The van der Waals surface area contributed by atoms with Crippen LogP contribution in [0, 0.1) is 17.8 Å². The van der Waals surface area contributed by atoms with E-state index < -0.39 is 5.97 Å². The van der Waals surface area contributed by atoms with Crippen molar-refractivity contribution < 1.29 is 14.3 Å². The summed E-state index contributed by atoms with van der Waals surface area (Å²) in [5, 5.41) is 3.05. The highest BCUT2D eigenvalue weighted by molar-refractivity contribution is 6.04. The van der Waals surface area contributed by atoms with Crippen molar-refractivity contribution in [3.8, 4) is 0 Å². The predicted molar refractivity (Wildman–Crippen MR) is 144 cm³/mol. The molecule has 6 nitrogen and oxygen atoms in total. The maximum absolute atomic E-state index is 13.0. The topological polar surface area (TPSA) is 71.5 Å². The second kappa shape index (κ2) is 9.33. The fourth-order valence-corrected chi connectivity index (χ4v) is 7.47. The average molecular weight is 496 g/mol. The Labute approximate surface area is 218 Å². The van der Waals surface area contributed by atoms with E-state index in [1.807, 2.05) is 19.2 Å². The van der Waals surface area contributed by atoms with Gasteiger partial charge in [0.05, 0.1) is 7.11 Å². The van der Waals surface area contributed by atoms with Crippen molar-refractivity contribution in [2.24, 2.45) is 17.8 Å². The third kappa shape index (κ3) is 4.39. The number of pyridine rings is 1. The van der Waals surface area contributed by atoms with Gasteiger partial charge in [-0.05, 0) is 116 Å². The van der Waals surface area contributed by atoms with Gasteiger partial charge in [0, 0.05) is 30.2 Å². The van der Waals surface area contributed by atoms with Crippen LogP contribution in [0.1, 0.15) is 64.8 Å². The number of methoxy groups -OCH3 is 1. The Hall–Kier alpha value is -3.67. The molecule has 4 aliphatic carbocycles. The molecular formula is C31H33N3O3. The largest absolute Gasteiger partial charge is 0.465 e. The van der Waals surface area contributed by atoms with Crippen molar-refractivity contribution in [1.82, 2.24) is 4.98 Å². The Bertz CT molecular complexity index is 1280.